The first-order chi connectivity index (χ1) is 8.99. The van der Waals surface area contributed by atoms with E-state index in [2.05, 4.69) is 20.6 Å². The Morgan fingerprint density at radius 1 is 1.58 bits per heavy atom. The van der Waals surface area contributed by atoms with Crippen LogP contribution in [0.3, 0.4) is 0 Å². The van der Waals surface area contributed by atoms with Crippen molar-refractivity contribution in [2.75, 3.05) is 5.32 Å². The van der Waals surface area contributed by atoms with Crippen molar-refractivity contribution < 1.29 is 9.72 Å². The lowest BCUT2D eigenvalue weighted by atomic mass is 10.3. The van der Waals surface area contributed by atoms with Crippen LogP contribution >= 0.6 is 0 Å². The predicted molar refractivity (Wildman–Crippen MR) is 65.6 cm³/mol. The number of aromatic amines is 1. The van der Waals surface area contributed by atoms with Gasteiger partial charge in [0.1, 0.15) is 17.9 Å². The fourth-order valence-electron chi connectivity index (χ4n) is 1.76. The zero-order chi connectivity index (χ0) is 14.0. The Hall–Kier alpha value is -2.71. The van der Waals surface area contributed by atoms with Crippen molar-refractivity contribution in [1.29, 1.82) is 0 Å². The second-order valence-corrected chi connectivity index (χ2v) is 3.97. The van der Waals surface area contributed by atoms with Gasteiger partial charge in [-0.1, -0.05) is 0 Å². The van der Waals surface area contributed by atoms with Gasteiger partial charge in [0.25, 0.3) is 0 Å². The molecule has 0 unspecified atom stereocenters. The molecule has 0 aliphatic rings. The van der Waals surface area contributed by atoms with Crippen molar-refractivity contribution in [2.45, 2.75) is 20.4 Å². The number of nitrogens with zero attached hydrogens (tertiary/aromatic N) is 4. The lowest BCUT2D eigenvalue weighted by molar-refractivity contribution is -0.386. The van der Waals surface area contributed by atoms with E-state index in [1.54, 1.807) is 6.92 Å². The summed E-state index contributed by atoms with van der Waals surface area (Å²) in [5.41, 5.74) is 1.11. The van der Waals surface area contributed by atoms with Crippen molar-refractivity contribution in [1.82, 2.24) is 20.0 Å². The van der Waals surface area contributed by atoms with Crippen LogP contribution in [-0.2, 0) is 11.3 Å². The summed E-state index contributed by atoms with van der Waals surface area (Å²) >= 11 is 0. The van der Waals surface area contributed by atoms with Crippen LogP contribution in [-0.4, -0.2) is 30.8 Å². The third kappa shape index (κ3) is 2.59. The molecular weight excluding hydrogens is 252 g/mol. The number of hydrogen-bond acceptors (Lipinski definition) is 5. The molecule has 0 aromatic carbocycles. The molecule has 0 aliphatic carbocycles. The number of aryl methyl sites for hydroxylation is 1. The molecule has 9 nitrogen and oxygen atoms in total. The molecule has 9 heteroatoms. The number of aromatic nitrogens is 4. The Kier molecular flexibility index (Phi) is 3.27. The molecule has 0 fully saturated rings. The second kappa shape index (κ2) is 4.88. The molecular formula is C10H12N6O3. The van der Waals surface area contributed by atoms with Crippen LogP contribution in [0.2, 0.25) is 0 Å². The maximum atomic E-state index is 11.7. The normalized spacial score (nSPS) is 10.4. The molecule has 100 valence electrons. The Morgan fingerprint density at radius 2 is 2.32 bits per heavy atom. The summed E-state index contributed by atoms with van der Waals surface area (Å²) in [5.74, 6) is -0.332. The number of carbonyl (C=O) groups excluding carboxylic acids is 1. The van der Waals surface area contributed by atoms with E-state index < -0.39 is 4.92 Å². The summed E-state index contributed by atoms with van der Waals surface area (Å²) in [4.78, 5) is 22.1. The Bertz CT molecular complexity index is 615. The van der Waals surface area contributed by atoms with Crippen LogP contribution in [0.15, 0.2) is 12.4 Å². The molecule has 0 saturated heterocycles. The van der Waals surface area contributed by atoms with Gasteiger partial charge in [0.05, 0.1) is 16.8 Å². The van der Waals surface area contributed by atoms with Gasteiger partial charge in [-0.15, -0.1) is 0 Å². The topological polar surface area (TPSA) is 119 Å². The molecule has 0 bridgehead atoms. The van der Waals surface area contributed by atoms with Gasteiger partial charge in [-0.3, -0.25) is 24.7 Å². The number of hydrogen-bond donors (Lipinski definition) is 2. The standard InChI is InChI=1S/C10H12N6O3/c1-6-10(16(18)19)7(2)15(14-6)5-9(17)13-8-3-11-12-4-8/h3-4H,5H2,1-2H3,(H,11,12)(H,13,17). The lowest BCUT2D eigenvalue weighted by Crippen LogP contribution is -2.20. The van der Waals surface area contributed by atoms with Crippen LogP contribution in [0, 0.1) is 24.0 Å². The van der Waals surface area contributed by atoms with Crippen molar-refractivity contribution >= 4 is 17.3 Å². The van der Waals surface area contributed by atoms with Gasteiger partial charge in [0, 0.05) is 6.20 Å². The quantitative estimate of drug-likeness (QED) is 0.624. The molecule has 0 spiro atoms. The van der Waals surface area contributed by atoms with Gasteiger partial charge in [-0.2, -0.15) is 10.2 Å². The highest BCUT2D eigenvalue weighted by Crippen LogP contribution is 2.21. The minimum atomic E-state index is -0.498. The molecule has 0 saturated carbocycles. The van der Waals surface area contributed by atoms with Crippen LogP contribution in [0.1, 0.15) is 11.4 Å². The van der Waals surface area contributed by atoms with Gasteiger partial charge < -0.3 is 5.32 Å². The average Bonchev–Trinajstić information content (AvgIpc) is 2.88. The Morgan fingerprint density at radius 3 is 2.84 bits per heavy atom. The van der Waals surface area contributed by atoms with Gasteiger partial charge in [-0.25, -0.2) is 0 Å². The summed E-state index contributed by atoms with van der Waals surface area (Å²) < 4.78 is 1.31. The number of nitro groups is 1. The highest BCUT2D eigenvalue weighted by atomic mass is 16.6. The predicted octanol–water partition coefficient (Wildman–Crippen LogP) is 0.770. The average molecular weight is 264 g/mol. The number of nitrogens with one attached hydrogen (secondary N) is 2. The molecule has 1 amide bonds. The molecule has 0 radical (unpaired) electrons. The molecule has 2 heterocycles. The number of amides is 1. The first-order valence-corrected chi connectivity index (χ1v) is 5.46. The lowest BCUT2D eigenvalue weighted by Gasteiger charge is -2.03. The van der Waals surface area contributed by atoms with Crippen molar-refractivity contribution in [3.05, 3.63) is 33.9 Å². The number of anilines is 1. The molecule has 2 aromatic heterocycles. The summed E-state index contributed by atoms with van der Waals surface area (Å²) in [7, 11) is 0. The molecule has 2 N–H and O–H groups in total. The molecule has 19 heavy (non-hydrogen) atoms. The van der Waals surface area contributed by atoms with Crippen LogP contribution in [0.4, 0.5) is 11.4 Å². The molecule has 0 aliphatic heterocycles. The Labute approximate surface area is 107 Å². The first kappa shape index (κ1) is 12.7. The zero-order valence-electron chi connectivity index (χ0n) is 10.4. The van der Waals surface area contributed by atoms with Gasteiger partial charge >= 0.3 is 5.69 Å². The van der Waals surface area contributed by atoms with Crippen molar-refractivity contribution in [3.8, 4) is 0 Å². The summed E-state index contributed by atoms with van der Waals surface area (Å²) in [6, 6.07) is 0. The fourth-order valence-corrected chi connectivity index (χ4v) is 1.76. The van der Waals surface area contributed by atoms with Crippen LogP contribution in [0.5, 0.6) is 0 Å². The van der Waals surface area contributed by atoms with E-state index >= 15 is 0 Å². The third-order valence-corrected chi connectivity index (χ3v) is 2.60. The van der Waals surface area contributed by atoms with E-state index in [0.717, 1.165) is 0 Å². The molecule has 2 aromatic rings. The Balaban J connectivity index is 2.13. The van der Waals surface area contributed by atoms with Crippen molar-refractivity contribution in [3.63, 3.8) is 0 Å². The number of carbonyl (C=O) groups is 1. The van der Waals surface area contributed by atoms with E-state index in [1.807, 2.05) is 0 Å². The molecule has 2 rings (SSSR count). The first-order valence-electron chi connectivity index (χ1n) is 5.46. The molecule has 0 atom stereocenters. The van der Waals surface area contributed by atoms with E-state index in [9.17, 15) is 14.9 Å². The van der Waals surface area contributed by atoms with Crippen LogP contribution in [0.25, 0.3) is 0 Å². The second-order valence-electron chi connectivity index (χ2n) is 3.97. The van der Waals surface area contributed by atoms with Gasteiger partial charge in [0.2, 0.25) is 5.91 Å². The smallest absolute Gasteiger partial charge is 0.312 e. The number of rotatable bonds is 4. The summed E-state index contributed by atoms with van der Waals surface area (Å²) in [6.07, 6.45) is 2.99. The van der Waals surface area contributed by atoms with E-state index in [-0.39, 0.29) is 18.1 Å². The van der Waals surface area contributed by atoms with Crippen LogP contribution < -0.4 is 5.32 Å². The van der Waals surface area contributed by atoms with E-state index in [4.69, 9.17) is 0 Å². The largest absolute Gasteiger partial charge is 0.322 e. The maximum Gasteiger partial charge on any atom is 0.312 e. The number of H-pyrrole nitrogens is 1. The minimum absolute atomic E-state index is 0.0592. The highest BCUT2D eigenvalue weighted by molar-refractivity contribution is 5.90. The van der Waals surface area contributed by atoms with E-state index in [0.29, 0.717) is 17.1 Å². The monoisotopic (exact) mass is 264 g/mol. The summed E-state index contributed by atoms with van der Waals surface area (Å²) in [5, 5.41) is 23.7. The van der Waals surface area contributed by atoms with Crippen molar-refractivity contribution in [2.24, 2.45) is 0 Å². The SMILES string of the molecule is Cc1nn(CC(=O)Nc2cn[nH]c2)c(C)c1[N+](=O)[O-]. The zero-order valence-corrected chi connectivity index (χ0v) is 10.4. The van der Waals surface area contributed by atoms with E-state index in [1.165, 1.54) is 24.0 Å². The summed E-state index contributed by atoms with van der Waals surface area (Å²) in [6.45, 7) is 3.00. The maximum absolute atomic E-state index is 11.7. The van der Waals surface area contributed by atoms with Gasteiger partial charge in [0.15, 0.2) is 0 Å². The third-order valence-electron chi connectivity index (χ3n) is 2.60. The van der Waals surface area contributed by atoms with Gasteiger partial charge in [-0.05, 0) is 13.8 Å². The highest BCUT2D eigenvalue weighted by Gasteiger charge is 2.22. The fraction of sp³-hybridized carbons (Fsp3) is 0.300. The minimum Gasteiger partial charge on any atom is -0.322 e.